The van der Waals surface area contributed by atoms with Gasteiger partial charge in [-0.3, -0.25) is 19.3 Å². The fourth-order valence-electron chi connectivity index (χ4n) is 2.64. The van der Waals surface area contributed by atoms with Crippen molar-refractivity contribution < 1.29 is 14.4 Å². The van der Waals surface area contributed by atoms with E-state index in [2.05, 4.69) is 0 Å². The van der Waals surface area contributed by atoms with Crippen LogP contribution in [0.15, 0.2) is 18.2 Å². The van der Waals surface area contributed by atoms with Crippen LogP contribution in [0, 0.1) is 0 Å². The minimum absolute atomic E-state index is 0.0595. The zero-order chi connectivity index (χ0) is 15.1. The smallest absolute Gasteiger partial charge is 0.299 e. The van der Waals surface area contributed by atoms with Crippen LogP contribution in [0.2, 0.25) is 0 Å². The highest BCUT2D eigenvalue weighted by Crippen LogP contribution is 2.31. The summed E-state index contributed by atoms with van der Waals surface area (Å²) in [6, 6.07) is 5.71. The van der Waals surface area contributed by atoms with Crippen LogP contribution in [-0.2, 0) is 16.0 Å². The van der Waals surface area contributed by atoms with Crippen LogP contribution >= 0.6 is 0 Å². The average molecular weight is 286 g/mol. The first-order chi connectivity index (χ1) is 10.0. The Morgan fingerprint density at radius 3 is 2.67 bits per heavy atom. The van der Waals surface area contributed by atoms with Gasteiger partial charge in [0.1, 0.15) is 6.54 Å². The Kier molecular flexibility index (Phi) is 3.27. The largest absolute Gasteiger partial charge is 0.341 e. The number of aryl methyl sites for hydroxylation is 1. The van der Waals surface area contributed by atoms with Crippen LogP contribution in [-0.4, -0.2) is 42.1 Å². The summed E-state index contributed by atoms with van der Waals surface area (Å²) in [4.78, 5) is 39.3. The van der Waals surface area contributed by atoms with Gasteiger partial charge in [0.15, 0.2) is 0 Å². The minimum atomic E-state index is -0.601. The van der Waals surface area contributed by atoms with Crippen molar-refractivity contribution in [3.05, 3.63) is 29.3 Å². The number of amides is 2. The van der Waals surface area contributed by atoms with Crippen molar-refractivity contribution in [3.63, 3.8) is 0 Å². The number of carbonyl (C=O) groups is 3. The topological polar surface area (TPSA) is 57.7 Å². The summed E-state index contributed by atoms with van der Waals surface area (Å²) < 4.78 is 0. The van der Waals surface area contributed by atoms with Gasteiger partial charge in [0.25, 0.3) is 11.7 Å². The molecule has 0 spiro atoms. The number of rotatable bonds is 4. The maximum absolute atomic E-state index is 12.2. The van der Waals surface area contributed by atoms with E-state index in [-0.39, 0.29) is 12.5 Å². The number of hydrogen-bond acceptors (Lipinski definition) is 3. The Morgan fingerprint density at radius 1 is 1.33 bits per heavy atom. The van der Waals surface area contributed by atoms with E-state index in [9.17, 15) is 14.4 Å². The molecule has 5 nitrogen and oxygen atoms in total. The molecule has 1 heterocycles. The quantitative estimate of drug-likeness (QED) is 0.786. The van der Waals surface area contributed by atoms with Crippen LogP contribution in [0.25, 0.3) is 0 Å². The van der Waals surface area contributed by atoms with Crippen LogP contribution in [0.4, 0.5) is 5.69 Å². The van der Waals surface area contributed by atoms with E-state index < -0.39 is 11.7 Å². The van der Waals surface area contributed by atoms with Gasteiger partial charge in [-0.05, 0) is 37.0 Å². The number of fused-ring (bicyclic) bond motifs is 1. The lowest BCUT2D eigenvalue weighted by molar-refractivity contribution is -0.130. The predicted molar refractivity (Wildman–Crippen MR) is 78.3 cm³/mol. The highest BCUT2D eigenvalue weighted by Gasteiger charge is 2.38. The van der Waals surface area contributed by atoms with E-state index in [0.29, 0.717) is 17.3 Å². The lowest BCUT2D eigenvalue weighted by Crippen LogP contribution is -2.41. The molecule has 0 aromatic heterocycles. The van der Waals surface area contributed by atoms with Crippen molar-refractivity contribution >= 4 is 23.3 Å². The molecule has 1 aliphatic heterocycles. The number of benzene rings is 1. The van der Waals surface area contributed by atoms with Gasteiger partial charge in [-0.25, -0.2) is 0 Å². The first-order valence-corrected chi connectivity index (χ1v) is 7.27. The molecule has 5 heteroatoms. The lowest BCUT2D eigenvalue weighted by atomic mass is 10.1. The molecule has 0 N–H and O–H groups in total. The van der Waals surface area contributed by atoms with E-state index >= 15 is 0 Å². The summed E-state index contributed by atoms with van der Waals surface area (Å²) in [6.07, 6.45) is 2.84. The second-order valence-corrected chi connectivity index (χ2v) is 5.66. The van der Waals surface area contributed by atoms with Gasteiger partial charge in [-0.15, -0.1) is 0 Å². The molecule has 1 fully saturated rings. The number of likely N-dealkylation sites (N-methyl/N-ethyl adjacent to an activating group) is 1. The van der Waals surface area contributed by atoms with Crippen molar-refractivity contribution in [2.24, 2.45) is 0 Å². The van der Waals surface area contributed by atoms with Crippen molar-refractivity contribution in [1.82, 2.24) is 4.90 Å². The molecule has 3 rings (SSSR count). The van der Waals surface area contributed by atoms with E-state index in [1.54, 1.807) is 24.1 Å². The molecular formula is C16H18N2O3. The first kappa shape index (κ1) is 13.8. The number of carbonyl (C=O) groups excluding carboxylic acids is 3. The molecule has 21 heavy (non-hydrogen) atoms. The Morgan fingerprint density at radius 2 is 2.05 bits per heavy atom. The number of Topliss-reactive ketones (excluding diaryl/α,β-unsaturated/α-hetero) is 1. The van der Waals surface area contributed by atoms with E-state index in [0.717, 1.165) is 24.8 Å². The lowest BCUT2D eigenvalue weighted by Gasteiger charge is -2.21. The number of ketones is 1. The van der Waals surface area contributed by atoms with E-state index in [4.69, 9.17) is 0 Å². The Hall–Kier alpha value is -2.17. The maximum Gasteiger partial charge on any atom is 0.299 e. The van der Waals surface area contributed by atoms with Gasteiger partial charge in [-0.2, -0.15) is 0 Å². The van der Waals surface area contributed by atoms with Gasteiger partial charge in [0.2, 0.25) is 5.91 Å². The SMILES string of the molecule is CCc1ccc2c(c1)C(=O)C(=O)N2CC(=O)N(C)C1CC1. The third-order valence-corrected chi connectivity index (χ3v) is 4.23. The Labute approximate surface area is 123 Å². The normalized spacial score (nSPS) is 17.1. The van der Waals surface area contributed by atoms with Gasteiger partial charge >= 0.3 is 0 Å². The fourth-order valence-corrected chi connectivity index (χ4v) is 2.64. The summed E-state index contributed by atoms with van der Waals surface area (Å²) in [6.45, 7) is 1.94. The minimum Gasteiger partial charge on any atom is -0.341 e. The van der Waals surface area contributed by atoms with Crippen molar-refractivity contribution in [1.29, 1.82) is 0 Å². The second kappa shape index (κ2) is 4.98. The molecular weight excluding hydrogens is 268 g/mol. The molecule has 0 bridgehead atoms. The van der Waals surface area contributed by atoms with Crippen LogP contribution < -0.4 is 4.90 Å². The monoisotopic (exact) mass is 286 g/mol. The number of anilines is 1. The predicted octanol–water partition coefficient (Wildman–Crippen LogP) is 1.40. The molecule has 0 saturated heterocycles. The van der Waals surface area contributed by atoms with Crippen LogP contribution in [0.3, 0.4) is 0 Å². The number of hydrogen-bond donors (Lipinski definition) is 0. The summed E-state index contributed by atoms with van der Waals surface area (Å²) in [5, 5.41) is 0. The average Bonchev–Trinajstić information content (AvgIpc) is 3.31. The summed E-state index contributed by atoms with van der Waals surface area (Å²) in [5.74, 6) is -1.23. The third kappa shape index (κ3) is 2.33. The Bertz CT molecular complexity index is 634. The molecule has 1 aromatic rings. The maximum atomic E-state index is 12.2. The highest BCUT2D eigenvalue weighted by atomic mass is 16.2. The second-order valence-electron chi connectivity index (χ2n) is 5.66. The van der Waals surface area contributed by atoms with Crippen molar-refractivity contribution in [3.8, 4) is 0 Å². The molecule has 0 unspecified atom stereocenters. The molecule has 2 amide bonds. The molecule has 1 saturated carbocycles. The third-order valence-electron chi connectivity index (χ3n) is 4.23. The van der Waals surface area contributed by atoms with Gasteiger partial charge in [0.05, 0.1) is 11.3 Å². The van der Waals surface area contributed by atoms with Crippen LogP contribution in [0.5, 0.6) is 0 Å². The molecule has 0 atom stereocenters. The van der Waals surface area contributed by atoms with Crippen molar-refractivity contribution in [2.45, 2.75) is 32.2 Å². The highest BCUT2D eigenvalue weighted by molar-refractivity contribution is 6.52. The Balaban J connectivity index is 1.85. The summed E-state index contributed by atoms with van der Waals surface area (Å²) in [5.41, 5.74) is 1.99. The van der Waals surface area contributed by atoms with Gasteiger partial charge in [-0.1, -0.05) is 13.0 Å². The van der Waals surface area contributed by atoms with Gasteiger partial charge in [0, 0.05) is 13.1 Å². The molecule has 110 valence electrons. The zero-order valence-electron chi connectivity index (χ0n) is 12.3. The fraction of sp³-hybridized carbons (Fsp3) is 0.438. The molecule has 1 aromatic carbocycles. The summed E-state index contributed by atoms with van der Waals surface area (Å²) >= 11 is 0. The van der Waals surface area contributed by atoms with E-state index in [1.165, 1.54) is 4.90 Å². The molecule has 0 radical (unpaired) electrons. The first-order valence-electron chi connectivity index (χ1n) is 7.27. The van der Waals surface area contributed by atoms with Crippen molar-refractivity contribution in [2.75, 3.05) is 18.5 Å². The zero-order valence-corrected chi connectivity index (χ0v) is 12.3. The van der Waals surface area contributed by atoms with Crippen LogP contribution in [0.1, 0.15) is 35.7 Å². The molecule has 2 aliphatic rings. The molecule has 1 aliphatic carbocycles. The van der Waals surface area contributed by atoms with Gasteiger partial charge < -0.3 is 4.90 Å². The van der Waals surface area contributed by atoms with E-state index in [1.807, 2.05) is 13.0 Å². The standard InChI is InChI=1S/C16H18N2O3/c1-3-10-4-7-13-12(8-10)15(20)16(21)18(13)9-14(19)17(2)11-5-6-11/h4,7-8,11H,3,5-6,9H2,1-2H3. The summed E-state index contributed by atoms with van der Waals surface area (Å²) in [7, 11) is 1.75. The number of nitrogens with zero attached hydrogens (tertiary/aromatic N) is 2.